The molecular formula is C9H12N2O3S. The van der Waals surface area contributed by atoms with Crippen LogP contribution in [0.15, 0.2) is 23.4 Å². The largest absolute Gasteiger partial charge is 0.369 e. The fraction of sp³-hybridized carbons (Fsp3) is 0.333. The van der Waals surface area contributed by atoms with E-state index in [0.717, 1.165) is 6.26 Å². The highest BCUT2D eigenvalue weighted by molar-refractivity contribution is 7.90. The van der Waals surface area contributed by atoms with Crippen molar-refractivity contribution in [3.63, 3.8) is 0 Å². The molecule has 0 aliphatic carbocycles. The van der Waals surface area contributed by atoms with Crippen molar-refractivity contribution in [3.8, 4) is 0 Å². The maximum absolute atomic E-state index is 11.2. The van der Waals surface area contributed by atoms with Gasteiger partial charge in [0.25, 0.3) is 0 Å². The van der Waals surface area contributed by atoms with Gasteiger partial charge in [-0.3, -0.25) is 4.79 Å². The van der Waals surface area contributed by atoms with Crippen molar-refractivity contribution in [1.82, 2.24) is 4.98 Å². The Hall–Kier alpha value is -1.43. The van der Waals surface area contributed by atoms with Gasteiger partial charge in [0.05, 0.1) is 5.92 Å². The molecule has 0 saturated carbocycles. The first kappa shape index (κ1) is 11.6. The van der Waals surface area contributed by atoms with E-state index in [1.54, 1.807) is 13.0 Å². The molecule has 6 heteroatoms. The Morgan fingerprint density at radius 3 is 2.60 bits per heavy atom. The van der Waals surface area contributed by atoms with Gasteiger partial charge in [0.1, 0.15) is 0 Å². The number of nitrogens with two attached hydrogens (primary N) is 1. The molecule has 1 aromatic rings. The van der Waals surface area contributed by atoms with Crippen molar-refractivity contribution < 1.29 is 13.2 Å². The van der Waals surface area contributed by atoms with E-state index in [9.17, 15) is 13.2 Å². The normalized spacial score (nSPS) is 13.5. The zero-order chi connectivity index (χ0) is 11.6. The summed E-state index contributed by atoms with van der Waals surface area (Å²) in [6.07, 6.45) is 2.42. The third-order valence-corrected chi connectivity index (χ3v) is 3.05. The first-order chi connectivity index (χ1) is 6.82. The summed E-state index contributed by atoms with van der Waals surface area (Å²) in [4.78, 5) is 14.6. The predicted octanol–water partition coefficient (Wildman–Crippen LogP) is 0.0739. The Morgan fingerprint density at radius 1 is 1.53 bits per heavy atom. The van der Waals surface area contributed by atoms with Crippen molar-refractivity contribution >= 4 is 15.7 Å². The van der Waals surface area contributed by atoms with Crippen LogP contribution in [0.25, 0.3) is 0 Å². The number of hydrogen-bond acceptors (Lipinski definition) is 4. The van der Waals surface area contributed by atoms with Crippen LogP contribution in [0.4, 0.5) is 0 Å². The minimum atomic E-state index is -3.35. The first-order valence-corrected chi connectivity index (χ1v) is 6.17. The molecule has 1 atom stereocenters. The average molecular weight is 228 g/mol. The number of sulfone groups is 1. The summed E-state index contributed by atoms with van der Waals surface area (Å²) >= 11 is 0. The second-order valence-corrected chi connectivity index (χ2v) is 5.29. The van der Waals surface area contributed by atoms with E-state index in [0.29, 0.717) is 5.56 Å². The smallest absolute Gasteiger partial charge is 0.224 e. The monoisotopic (exact) mass is 228 g/mol. The maximum atomic E-state index is 11.2. The molecule has 1 unspecified atom stereocenters. The molecule has 82 valence electrons. The molecule has 0 aliphatic rings. The van der Waals surface area contributed by atoms with E-state index in [-0.39, 0.29) is 5.03 Å². The molecule has 1 heterocycles. The van der Waals surface area contributed by atoms with Gasteiger partial charge < -0.3 is 5.73 Å². The number of pyridine rings is 1. The Morgan fingerprint density at radius 2 is 2.13 bits per heavy atom. The lowest BCUT2D eigenvalue weighted by atomic mass is 10.0. The number of rotatable bonds is 3. The standard InChI is InChI=1S/C9H12N2O3S/c1-6(9(10)12)7-3-4-11-8(5-7)15(2,13)14/h3-6H,1-2H3,(H2,10,12). The Labute approximate surface area is 88.2 Å². The van der Waals surface area contributed by atoms with Crippen LogP contribution in [-0.4, -0.2) is 25.6 Å². The molecule has 0 radical (unpaired) electrons. The number of carbonyl (C=O) groups is 1. The zero-order valence-electron chi connectivity index (χ0n) is 8.47. The Bertz CT molecular complexity index is 482. The zero-order valence-corrected chi connectivity index (χ0v) is 9.28. The van der Waals surface area contributed by atoms with Crippen LogP contribution in [0.3, 0.4) is 0 Å². The average Bonchev–Trinajstić information content (AvgIpc) is 2.15. The third kappa shape index (κ3) is 2.76. The van der Waals surface area contributed by atoms with Gasteiger partial charge in [0.15, 0.2) is 14.9 Å². The summed E-state index contributed by atoms with van der Waals surface area (Å²) in [7, 11) is -3.35. The fourth-order valence-corrected chi connectivity index (χ4v) is 1.66. The van der Waals surface area contributed by atoms with Crippen LogP contribution >= 0.6 is 0 Å². The number of aromatic nitrogens is 1. The van der Waals surface area contributed by atoms with Crippen molar-refractivity contribution in [1.29, 1.82) is 0 Å². The van der Waals surface area contributed by atoms with Crippen molar-refractivity contribution in [2.75, 3.05) is 6.26 Å². The van der Waals surface area contributed by atoms with Crippen molar-refractivity contribution in [2.24, 2.45) is 5.73 Å². The lowest BCUT2D eigenvalue weighted by molar-refractivity contribution is -0.119. The molecule has 0 aliphatic heterocycles. The van der Waals surface area contributed by atoms with Gasteiger partial charge in [-0.1, -0.05) is 0 Å². The van der Waals surface area contributed by atoms with Gasteiger partial charge in [0.2, 0.25) is 5.91 Å². The number of primary amides is 1. The number of hydrogen-bond donors (Lipinski definition) is 1. The van der Waals surface area contributed by atoms with Crippen LogP contribution in [0, 0.1) is 0 Å². The number of nitrogens with zero attached hydrogens (tertiary/aromatic N) is 1. The van der Waals surface area contributed by atoms with E-state index < -0.39 is 21.7 Å². The maximum Gasteiger partial charge on any atom is 0.224 e. The first-order valence-electron chi connectivity index (χ1n) is 4.27. The molecule has 5 nitrogen and oxygen atoms in total. The topological polar surface area (TPSA) is 90.1 Å². The summed E-state index contributed by atoms with van der Waals surface area (Å²) in [6, 6.07) is 2.94. The molecule has 1 aromatic heterocycles. The number of amides is 1. The summed E-state index contributed by atoms with van der Waals surface area (Å²) in [5, 5.41) is -0.0481. The molecule has 0 bridgehead atoms. The molecule has 2 N–H and O–H groups in total. The predicted molar refractivity (Wildman–Crippen MR) is 55.0 cm³/mol. The van der Waals surface area contributed by atoms with Crippen LogP contribution in [-0.2, 0) is 14.6 Å². The third-order valence-electron chi connectivity index (χ3n) is 2.07. The highest BCUT2D eigenvalue weighted by Gasteiger charge is 2.15. The molecule has 0 saturated heterocycles. The minimum absolute atomic E-state index is 0.0481. The van der Waals surface area contributed by atoms with Crippen molar-refractivity contribution in [2.45, 2.75) is 17.9 Å². The van der Waals surface area contributed by atoms with Gasteiger partial charge in [-0.15, -0.1) is 0 Å². The van der Waals surface area contributed by atoms with E-state index in [1.807, 2.05) is 0 Å². The molecule has 15 heavy (non-hydrogen) atoms. The van der Waals surface area contributed by atoms with Gasteiger partial charge in [-0.25, -0.2) is 13.4 Å². The lowest BCUT2D eigenvalue weighted by Crippen LogP contribution is -2.19. The summed E-state index contributed by atoms with van der Waals surface area (Å²) in [5.41, 5.74) is 5.67. The summed E-state index contributed by atoms with van der Waals surface area (Å²) in [5.74, 6) is -1.02. The van der Waals surface area contributed by atoms with E-state index >= 15 is 0 Å². The molecule has 1 amide bonds. The second-order valence-electron chi connectivity index (χ2n) is 3.32. The quantitative estimate of drug-likeness (QED) is 0.792. The summed E-state index contributed by atoms with van der Waals surface area (Å²) in [6.45, 7) is 1.61. The van der Waals surface area contributed by atoms with E-state index in [4.69, 9.17) is 5.73 Å². The molecule has 0 aromatic carbocycles. The van der Waals surface area contributed by atoms with Gasteiger partial charge >= 0.3 is 0 Å². The fourth-order valence-electron chi connectivity index (χ4n) is 1.06. The highest BCUT2D eigenvalue weighted by Crippen LogP contribution is 2.16. The minimum Gasteiger partial charge on any atom is -0.369 e. The summed E-state index contributed by atoms with van der Waals surface area (Å²) < 4.78 is 22.4. The Balaban J connectivity index is 3.20. The van der Waals surface area contributed by atoms with Crippen LogP contribution in [0.1, 0.15) is 18.4 Å². The van der Waals surface area contributed by atoms with Gasteiger partial charge in [-0.2, -0.15) is 0 Å². The molecule has 0 spiro atoms. The van der Waals surface area contributed by atoms with Gasteiger partial charge in [0, 0.05) is 12.5 Å². The van der Waals surface area contributed by atoms with E-state index in [2.05, 4.69) is 4.98 Å². The van der Waals surface area contributed by atoms with Crippen LogP contribution in [0.5, 0.6) is 0 Å². The molecule has 1 rings (SSSR count). The van der Waals surface area contributed by atoms with Crippen molar-refractivity contribution in [3.05, 3.63) is 23.9 Å². The van der Waals surface area contributed by atoms with Crippen LogP contribution in [0.2, 0.25) is 0 Å². The molecule has 0 fully saturated rings. The highest BCUT2D eigenvalue weighted by atomic mass is 32.2. The number of carbonyl (C=O) groups excluding carboxylic acids is 1. The van der Waals surface area contributed by atoms with Crippen LogP contribution < -0.4 is 5.73 Å². The Kier molecular flexibility index (Phi) is 3.09. The van der Waals surface area contributed by atoms with Gasteiger partial charge in [-0.05, 0) is 24.6 Å². The SMILES string of the molecule is CC(C(N)=O)c1ccnc(S(C)(=O)=O)c1. The van der Waals surface area contributed by atoms with E-state index in [1.165, 1.54) is 12.3 Å². The molecular weight excluding hydrogens is 216 g/mol. The lowest BCUT2D eigenvalue weighted by Gasteiger charge is -2.07. The second kappa shape index (κ2) is 3.98.